The Morgan fingerprint density at radius 1 is 1.26 bits per heavy atom. The van der Waals surface area contributed by atoms with Crippen molar-refractivity contribution in [2.75, 3.05) is 6.54 Å². The van der Waals surface area contributed by atoms with Crippen LogP contribution < -0.4 is 10.1 Å². The lowest BCUT2D eigenvalue weighted by Gasteiger charge is -2.28. The van der Waals surface area contributed by atoms with Gasteiger partial charge in [0.1, 0.15) is 5.75 Å². The maximum atomic E-state index is 12.1. The Kier molecular flexibility index (Phi) is 5.28. The van der Waals surface area contributed by atoms with Gasteiger partial charge in [-0.25, -0.2) is 0 Å². The highest BCUT2D eigenvalue weighted by Crippen LogP contribution is 2.37. The van der Waals surface area contributed by atoms with Gasteiger partial charge in [-0.05, 0) is 51.8 Å². The largest absolute Gasteiger partial charge is 0.435 e. The number of aliphatic hydroxyl groups is 1. The van der Waals surface area contributed by atoms with Crippen LogP contribution in [0.1, 0.15) is 45.8 Å². The van der Waals surface area contributed by atoms with Crippen molar-refractivity contribution < 1.29 is 23.4 Å². The SMILES string of the molecule is CC1(C)CC(NCC(O)c2ccc(OC(F)F)cc2)C(C)(C)O1. The van der Waals surface area contributed by atoms with Gasteiger partial charge in [0, 0.05) is 12.6 Å². The summed E-state index contributed by atoms with van der Waals surface area (Å²) in [6.45, 7) is 5.68. The third kappa shape index (κ3) is 4.86. The van der Waals surface area contributed by atoms with Crippen molar-refractivity contribution in [1.29, 1.82) is 0 Å². The molecule has 0 saturated carbocycles. The summed E-state index contributed by atoms with van der Waals surface area (Å²) in [6, 6.07) is 6.16. The summed E-state index contributed by atoms with van der Waals surface area (Å²) in [6.07, 6.45) is 0.128. The summed E-state index contributed by atoms with van der Waals surface area (Å²) in [5.41, 5.74) is 0.147. The van der Waals surface area contributed by atoms with E-state index in [-0.39, 0.29) is 23.0 Å². The molecule has 23 heavy (non-hydrogen) atoms. The van der Waals surface area contributed by atoms with Gasteiger partial charge < -0.3 is 19.9 Å². The monoisotopic (exact) mass is 329 g/mol. The van der Waals surface area contributed by atoms with Crippen LogP contribution in [-0.2, 0) is 4.74 Å². The van der Waals surface area contributed by atoms with E-state index < -0.39 is 12.7 Å². The average Bonchev–Trinajstić information content (AvgIpc) is 2.63. The van der Waals surface area contributed by atoms with E-state index in [0.29, 0.717) is 12.1 Å². The normalized spacial score (nSPS) is 23.9. The number of nitrogens with one attached hydrogen (secondary N) is 1. The number of halogens is 2. The van der Waals surface area contributed by atoms with E-state index in [9.17, 15) is 13.9 Å². The van der Waals surface area contributed by atoms with E-state index in [4.69, 9.17) is 4.74 Å². The number of alkyl halides is 2. The highest BCUT2D eigenvalue weighted by atomic mass is 19.3. The van der Waals surface area contributed by atoms with Gasteiger partial charge in [0.15, 0.2) is 0 Å². The standard InChI is InChI=1S/C17H25F2NO3/c1-16(2)9-14(17(3,4)23-16)20-10-13(21)11-5-7-12(8-6-11)22-15(18)19/h5-8,13-15,20-21H,9-10H2,1-4H3. The molecular weight excluding hydrogens is 304 g/mol. The van der Waals surface area contributed by atoms with Gasteiger partial charge in [0.2, 0.25) is 0 Å². The minimum atomic E-state index is -2.85. The molecule has 2 atom stereocenters. The molecule has 1 aliphatic rings. The Hall–Kier alpha value is -1.24. The first-order valence-corrected chi connectivity index (χ1v) is 7.75. The molecule has 1 heterocycles. The summed E-state index contributed by atoms with van der Waals surface area (Å²) < 4.78 is 34.5. The van der Waals surface area contributed by atoms with Crippen LogP contribution >= 0.6 is 0 Å². The van der Waals surface area contributed by atoms with Crippen molar-refractivity contribution in [3.8, 4) is 5.75 Å². The zero-order valence-corrected chi connectivity index (χ0v) is 14.0. The average molecular weight is 329 g/mol. The lowest BCUT2D eigenvalue weighted by molar-refractivity contribution is -0.0702. The van der Waals surface area contributed by atoms with Crippen LogP contribution in [0.25, 0.3) is 0 Å². The molecule has 0 amide bonds. The molecule has 2 N–H and O–H groups in total. The van der Waals surface area contributed by atoms with E-state index in [1.54, 1.807) is 12.1 Å². The predicted molar refractivity (Wildman–Crippen MR) is 83.7 cm³/mol. The van der Waals surface area contributed by atoms with Crippen molar-refractivity contribution in [1.82, 2.24) is 5.32 Å². The Labute approximate surface area is 135 Å². The Bertz CT molecular complexity index is 517. The number of ether oxygens (including phenoxy) is 2. The third-order valence-corrected chi connectivity index (χ3v) is 4.12. The smallest absolute Gasteiger partial charge is 0.387 e. The second-order valence-corrected chi connectivity index (χ2v) is 7.09. The minimum absolute atomic E-state index is 0.0796. The molecule has 0 spiro atoms. The van der Waals surface area contributed by atoms with E-state index in [0.717, 1.165) is 6.42 Å². The Balaban J connectivity index is 1.91. The third-order valence-electron chi connectivity index (χ3n) is 4.12. The van der Waals surface area contributed by atoms with Crippen LogP contribution in [0.4, 0.5) is 8.78 Å². The molecule has 1 saturated heterocycles. The first-order chi connectivity index (χ1) is 10.6. The minimum Gasteiger partial charge on any atom is -0.435 e. The van der Waals surface area contributed by atoms with Crippen molar-refractivity contribution in [3.63, 3.8) is 0 Å². The summed E-state index contributed by atoms with van der Waals surface area (Å²) in [5.74, 6) is 0.0796. The molecule has 1 fully saturated rings. The number of rotatable bonds is 6. The van der Waals surface area contributed by atoms with Crippen LogP contribution in [-0.4, -0.2) is 35.5 Å². The van der Waals surface area contributed by atoms with Crippen molar-refractivity contribution in [2.24, 2.45) is 0 Å². The van der Waals surface area contributed by atoms with Gasteiger partial charge in [0.25, 0.3) is 0 Å². The van der Waals surface area contributed by atoms with E-state index in [2.05, 4.69) is 23.9 Å². The maximum absolute atomic E-state index is 12.1. The molecule has 4 nitrogen and oxygen atoms in total. The van der Waals surface area contributed by atoms with Gasteiger partial charge in [0.05, 0.1) is 17.3 Å². The second kappa shape index (κ2) is 6.71. The molecule has 1 aromatic carbocycles. The molecular formula is C17H25F2NO3. The summed E-state index contributed by atoms with van der Waals surface area (Å²) in [7, 11) is 0. The fourth-order valence-electron chi connectivity index (χ4n) is 3.12. The summed E-state index contributed by atoms with van der Waals surface area (Å²) in [5, 5.41) is 13.6. The second-order valence-electron chi connectivity index (χ2n) is 7.09. The Morgan fingerprint density at radius 2 is 1.87 bits per heavy atom. The summed E-state index contributed by atoms with van der Waals surface area (Å²) >= 11 is 0. The molecule has 6 heteroatoms. The zero-order chi connectivity index (χ0) is 17.3. The lowest BCUT2D eigenvalue weighted by atomic mass is 9.94. The first-order valence-electron chi connectivity index (χ1n) is 7.75. The molecule has 2 rings (SSSR count). The molecule has 0 radical (unpaired) electrons. The van der Waals surface area contributed by atoms with E-state index in [1.807, 2.05) is 13.8 Å². The quantitative estimate of drug-likeness (QED) is 0.841. The molecule has 1 aromatic rings. The van der Waals surface area contributed by atoms with Gasteiger partial charge >= 0.3 is 6.61 Å². The van der Waals surface area contributed by atoms with E-state index in [1.165, 1.54) is 12.1 Å². The van der Waals surface area contributed by atoms with Gasteiger partial charge in [-0.2, -0.15) is 8.78 Å². The van der Waals surface area contributed by atoms with Gasteiger partial charge in [-0.3, -0.25) is 0 Å². The maximum Gasteiger partial charge on any atom is 0.387 e. The van der Waals surface area contributed by atoms with Crippen molar-refractivity contribution in [2.45, 2.75) is 64.1 Å². The lowest BCUT2D eigenvalue weighted by Crippen LogP contribution is -2.44. The van der Waals surface area contributed by atoms with Gasteiger partial charge in [-0.15, -0.1) is 0 Å². The van der Waals surface area contributed by atoms with Crippen LogP contribution in [0.2, 0.25) is 0 Å². The molecule has 130 valence electrons. The molecule has 0 bridgehead atoms. The van der Waals surface area contributed by atoms with E-state index >= 15 is 0 Å². The Morgan fingerprint density at radius 3 is 2.35 bits per heavy atom. The predicted octanol–water partition coefficient (Wildman–Crippen LogP) is 3.26. The fourth-order valence-corrected chi connectivity index (χ4v) is 3.12. The topological polar surface area (TPSA) is 50.7 Å². The summed E-state index contributed by atoms with van der Waals surface area (Å²) in [4.78, 5) is 0. The fraction of sp³-hybridized carbons (Fsp3) is 0.647. The zero-order valence-electron chi connectivity index (χ0n) is 14.0. The number of hydrogen-bond donors (Lipinski definition) is 2. The highest BCUT2D eigenvalue weighted by Gasteiger charge is 2.45. The number of aliphatic hydroxyl groups excluding tert-OH is 1. The van der Waals surface area contributed by atoms with Crippen molar-refractivity contribution in [3.05, 3.63) is 29.8 Å². The first kappa shape index (κ1) is 18.1. The molecule has 2 unspecified atom stereocenters. The van der Waals surface area contributed by atoms with Gasteiger partial charge in [-0.1, -0.05) is 12.1 Å². The van der Waals surface area contributed by atoms with Crippen LogP contribution in [0.5, 0.6) is 5.75 Å². The van der Waals surface area contributed by atoms with Crippen LogP contribution in [0.3, 0.4) is 0 Å². The molecule has 0 aliphatic carbocycles. The number of benzene rings is 1. The van der Waals surface area contributed by atoms with Crippen LogP contribution in [0, 0.1) is 0 Å². The number of hydrogen-bond acceptors (Lipinski definition) is 4. The molecule has 0 aromatic heterocycles. The highest BCUT2D eigenvalue weighted by molar-refractivity contribution is 5.28. The molecule has 1 aliphatic heterocycles. The van der Waals surface area contributed by atoms with Crippen LogP contribution in [0.15, 0.2) is 24.3 Å². The van der Waals surface area contributed by atoms with Crippen molar-refractivity contribution >= 4 is 0 Å².